The summed E-state index contributed by atoms with van der Waals surface area (Å²) in [5.41, 5.74) is 3.76. The molecule has 2 aromatic carbocycles. The van der Waals surface area contributed by atoms with Crippen LogP contribution in [0.2, 0.25) is 0 Å². The molecule has 3 aromatic rings. The lowest BCUT2D eigenvalue weighted by molar-refractivity contribution is 1.05. The molecule has 3 rings (SSSR count). The van der Waals surface area contributed by atoms with Crippen molar-refractivity contribution in [3.63, 3.8) is 0 Å². The molecule has 0 N–H and O–H groups in total. The van der Waals surface area contributed by atoms with Crippen LogP contribution in [-0.4, -0.2) is 4.98 Å². The molecule has 0 saturated heterocycles. The van der Waals surface area contributed by atoms with E-state index in [4.69, 9.17) is 0 Å². The van der Waals surface area contributed by atoms with Crippen LogP contribution < -0.4 is 0 Å². The summed E-state index contributed by atoms with van der Waals surface area (Å²) < 4.78 is 0. The molecule has 88 valence electrons. The van der Waals surface area contributed by atoms with Crippen molar-refractivity contribution in [1.82, 2.24) is 4.98 Å². The Labute approximate surface area is 107 Å². The number of aryl methyl sites for hydroxylation is 1. The Bertz CT molecular complexity index is 681. The van der Waals surface area contributed by atoms with Crippen molar-refractivity contribution in [1.29, 1.82) is 0 Å². The number of hydrogen-bond donors (Lipinski definition) is 0. The Morgan fingerprint density at radius 1 is 0.889 bits per heavy atom. The van der Waals surface area contributed by atoms with E-state index in [1.165, 1.54) is 21.9 Å². The van der Waals surface area contributed by atoms with Crippen LogP contribution in [0.4, 0.5) is 0 Å². The fraction of sp³-hybridized carbons (Fsp3) is 0.118. The van der Waals surface area contributed by atoms with Gasteiger partial charge in [-0.2, -0.15) is 0 Å². The maximum atomic E-state index is 4.48. The maximum Gasteiger partial charge on any atom is 0.0476 e. The zero-order chi connectivity index (χ0) is 12.4. The van der Waals surface area contributed by atoms with Crippen molar-refractivity contribution >= 4 is 10.8 Å². The Kier molecular flexibility index (Phi) is 2.81. The lowest BCUT2D eigenvalue weighted by Gasteiger charge is -2.08. The molecule has 0 aliphatic heterocycles. The molecule has 0 unspecified atom stereocenters. The van der Waals surface area contributed by atoms with E-state index >= 15 is 0 Å². The smallest absolute Gasteiger partial charge is 0.0476 e. The van der Waals surface area contributed by atoms with E-state index in [1.807, 2.05) is 12.3 Å². The number of rotatable bonds is 2. The van der Waals surface area contributed by atoms with Crippen LogP contribution in [0.1, 0.15) is 16.8 Å². The Morgan fingerprint density at radius 3 is 2.61 bits per heavy atom. The van der Waals surface area contributed by atoms with E-state index < -0.39 is 0 Å². The van der Waals surface area contributed by atoms with Crippen LogP contribution in [0.15, 0.2) is 60.8 Å². The second kappa shape index (κ2) is 4.61. The number of aromatic nitrogens is 1. The van der Waals surface area contributed by atoms with Crippen molar-refractivity contribution in [3.8, 4) is 0 Å². The maximum absolute atomic E-state index is 4.48. The molecule has 0 aliphatic carbocycles. The monoisotopic (exact) mass is 233 g/mol. The van der Waals surface area contributed by atoms with Crippen molar-refractivity contribution in [2.75, 3.05) is 0 Å². The van der Waals surface area contributed by atoms with Crippen LogP contribution in [0.25, 0.3) is 10.8 Å². The molecule has 1 heteroatoms. The Balaban J connectivity index is 2.08. The van der Waals surface area contributed by atoms with E-state index in [1.54, 1.807) is 0 Å². The van der Waals surface area contributed by atoms with Crippen LogP contribution in [-0.2, 0) is 6.42 Å². The summed E-state index contributed by atoms with van der Waals surface area (Å²) in [7, 11) is 0. The van der Waals surface area contributed by atoms with Gasteiger partial charge < -0.3 is 0 Å². The molecule has 0 spiro atoms. The van der Waals surface area contributed by atoms with Gasteiger partial charge in [0.2, 0.25) is 0 Å². The van der Waals surface area contributed by atoms with Gasteiger partial charge in [0.25, 0.3) is 0 Å². The standard InChI is InChI=1S/C17H15N/c1-13-6-5-11-18-17(13)12-15-9-4-8-14-7-2-3-10-16(14)15/h2-11H,12H2,1H3. The normalized spacial score (nSPS) is 10.7. The van der Waals surface area contributed by atoms with Crippen molar-refractivity contribution < 1.29 is 0 Å². The van der Waals surface area contributed by atoms with Gasteiger partial charge in [-0.3, -0.25) is 4.98 Å². The number of fused-ring (bicyclic) bond motifs is 1. The van der Waals surface area contributed by atoms with Gasteiger partial charge in [0, 0.05) is 18.3 Å². The van der Waals surface area contributed by atoms with Gasteiger partial charge in [0.1, 0.15) is 0 Å². The highest BCUT2D eigenvalue weighted by Gasteiger charge is 2.04. The average molecular weight is 233 g/mol. The van der Waals surface area contributed by atoms with E-state index in [0.717, 1.165) is 12.1 Å². The molecule has 0 fully saturated rings. The first-order chi connectivity index (χ1) is 8.84. The molecule has 0 aliphatic rings. The molecule has 1 aromatic heterocycles. The quantitative estimate of drug-likeness (QED) is 0.648. The van der Waals surface area contributed by atoms with E-state index in [2.05, 4.69) is 60.4 Å². The first-order valence-electron chi connectivity index (χ1n) is 6.22. The minimum atomic E-state index is 0.897. The number of pyridine rings is 1. The number of hydrogen-bond acceptors (Lipinski definition) is 1. The van der Waals surface area contributed by atoms with Gasteiger partial charge in [-0.15, -0.1) is 0 Å². The zero-order valence-electron chi connectivity index (χ0n) is 10.4. The van der Waals surface area contributed by atoms with Gasteiger partial charge in [0.15, 0.2) is 0 Å². The third-order valence-electron chi connectivity index (χ3n) is 3.36. The van der Waals surface area contributed by atoms with E-state index in [-0.39, 0.29) is 0 Å². The largest absolute Gasteiger partial charge is 0.261 e. The first kappa shape index (κ1) is 11.0. The topological polar surface area (TPSA) is 12.9 Å². The second-order valence-electron chi connectivity index (χ2n) is 4.58. The summed E-state index contributed by atoms with van der Waals surface area (Å²) in [6, 6.07) is 19.1. The lowest BCUT2D eigenvalue weighted by atomic mass is 9.99. The predicted octanol–water partition coefficient (Wildman–Crippen LogP) is 4.13. The van der Waals surface area contributed by atoms with Crippen molar-refractivity contribution in [2.24, 2.45) is 0 Å². The van der Waals surface area contributed by atoms with Gasteiger partial charge >= 0.3 is 0 Å². The first-order valence-corrected chi connectivity index (χ1v) is 6.22. The number of benzene rings is 2. The molecule has 0 saturated carbocycles. The van der Waals surface area contributed by atoms with Crippen LogP contribution in [0.5, 0.6) is 0 Å². The Morgan fingerprint density at radius 2 is 1.72 bits per heavy atom. The predicted molar refractivity (Wildman–Crippen MR) is 75.7 cm³/mol. The summed E-state index contributed by atoms with van der Waals surface area (Å²) in [5.74, 6) is 0. The van der Waals surface area contributed by atoms with Gasteiger partial charge in [-0.25, -0.2) is 0 Å². The molecular formula is C17H15N. The molecule has 1 heterocycles. The fourth-order valence-corrected chi connectivity index (χ4v) is 2.33. The molecule has 0 radical (unpaired) electrons. The van der Waals surface area contributed by atoms with Crippen LogP contribution >= 0.6 is 0 Å². The third kappa shape index (κ3) is 2.00. The summed E-state index contributed by atoms with van der Waals surface area (Å²) in [4.78, 5) is 4.48. The zero-order valence-corrected chi connectivity index (χ0v) is 10.4. The van der Waals surface area contributed by atoms with Gasteiger partial charge in [0.05, 0.1) is 0 Å². The number of nitrogens with zero attached hydrogens (tertiary/aromatic N) is 1. The summed E-state index contributed by atoms with van der Waals surface area (Å²) in [6.45, 7) is 2.12. The lowest BCUT2D eigenvalue weighted by Crippen LogP contribution is -1.95. The molecule has 0 amide bonds. The van der Waals surface area contributed by atoms with Crippen LogP contribution in [0.3, 0.4) is 0 Å². The van der Waals surface area contributed by atoms with Crippen LogP contribution in [0, 0.1) is 6.92 Å². The highest BCUT2D eigenvalue weighted by atomic mass is 14.7. The second-order valence-corrected chi connectivity index (χ2v) is 4.58. The minimum absolute atomic E-state index is 0.897. The highest BCUT2D eigenvalue weighted by molar-refractivity contribution is 5.85. The molecule has 1 nitrogen and oxygen atoms in total. The third-order valence-corrected chi connectivity index (χ3v) is 3.36. The van der Waals surface area contributed by atoms with Gasteiger partial charge in [-0.1, -0.05) is 48.5 Å². The van der Waals surface area contributed by atoms with Crippen molar-refractivity contribution in [2.45, 2.75) is 13.3 Å². The summed E-state index contributed by atoms with van der Waals surface area (Å²) in [5, 5.41) is 2.62. The summed E-state index contributed by atoms with van der Waals surface area (Å²) in [6.07, 6.45) is 2.77. The summed E-state index contributed by atoms with van der Waals surface area (Å²) >= 11 is 0. The van der Waals surface area contributed by atoms with Crippen molar-refractivity contribution in [3.05, 3.63) is 77.6 Å². The molecule has 0 atom stereocenters. The fourth-order valence-electron chi connectivity index (χ4n) is 2.33. The highest BCUT2D eigenvalue weighted by Crippen LogP contribution is 2.21. The molecule has 0 bridgehead atoms. The van der Waals surface area contributed by atoms with E-state index in [0.29, 0.717) is 0 Å². The Hall–Kier alpha value is -2.15. The van der Waals surface area contributed by atoms with Gasteiger partial charge in [-0.05, 0) is 34.9 Å². The van der Waals surface area contributed by atoms with E-state index in [9.17, 15) is 0 Å². The minimum Gasteiger partial charge on any atom is -0.261 e. The molecular weight excluding hydrogens is 218 g/mol. The molecule has 18 heavy (non-hydrogen) atoms. The SMILES string of the molecule is Cc1cccnc1Cc1cccc2ccccc12. The average Bonchev–Trinajstić information content (AvgIpc) is 2.42.